The Labute approximate surface area is 241 Å². The number of aromatic amines is 1. The summed E-state index contributed by atoms with van der Waals surface area (Å²) in [5.41, 5.74) is 7.49. The average Bonchev–Trinajstić information content (AvgIpc) is 3.67. The van der Waals surface area contributed by atoms with Gasteiger partial charge in [0, 0.05) is 34.8 Å². The van der Waals surface area contributed by atoms with Gasteiger partial charge in [-0.25, -0.2) is 4.98 Å². The summed E-state index contributed by atoms with van der Waals surface area (Å²) < 4.78 is 1.98. The molecule has 204 valence electrons. The molecule has 0 fully saturated rings. The molecule has 0 unspecified atom stereocenters. The Morgan fingerprint density at radius 3 is 2.31 bits per heavy atom. The van der Waals surface area contributed by atoms with Gasteiger partial charge in [0.1, 0.15) is 11.6 Å². The molecule has 2 N–H and O–H groups in total. The SMILES string of the molecule is Cc1nnc2c3cc(-c4ccccc4)c(-c4ccc(CNC(=O)Cc5nnc(-c6ccccc6)[nH]5)cc4)nc3ccn12. The van der Waals surface area contributed by atoms with Gasteiger partial charge in [-0.3, -0.25) is 9.20 Å². The number of hydrogen-bond donors (Lipinski definition) is 2. The standard InChI is InChI=1S/C33H26N8O/c1-21-37-40-33-27-18-26(23-8-4-2-5-9-23)31(35-28(27)16-17-41(21)33)24-14-12-22(13-15-24)20-34-30(42)19-29-36-32(39-38-29)25-10-6-3-7-11-25/h2-18H,19-20H2,1H3,(H,34,42)(H,36,38,39). The smallest absolute Gasteiger partial charge is 0.227 e. The number of amides is 1. The van der Waals surface area contributed by atoms with Crippen molar-refractivity contribution in [1.29, 1.82) is 0 Å². The second-order valence-electron chi connectivity index (χ2n) is 10.1. The molecule has 42 heavy (non-hydrogen) atoms. The van der Waals surface area contributed by atoms with Gasteiger partial charge in [0.15, 0.2) is 11.5 Å². The summed E-state index contributed by atoms with van der Waals surface area (Å²) in [6.07, 6.45) is 2.08. The zero-order chi connectivity index (χ0) is 28.5. The molecule has 0 radical (unpaired) electrons. The summed E-state index contributed by atoms with van der Waals surface area (Å²) in [6.45, 7) is 2.34. The van der Waals surface area contributed by atoms with Crippen LogP contribution in [0.2, 0.25) is 0 Å². The molecule has 0 spiro atoms. The molecule has 0 saturated carbocycles. The molecule has 7 rings (SSSR count). The highest BCUT2D eigenvalue weighted by Crippen LogP contribution is 2.34. The summed E-state index contributed by atoms with van der Waals surface area (Å²) in [7, 11) is 0. The van der Waals surface area contributed by atoms with E-state index in [1.807, 2.05) is 96.4 Å². The van der Waals surface area contributed by atoms with Crippen LogP contribution in [-0.4, -0.2) is 40.7 Å². The Hall–Kier alpha value is -5.70. The summed E-state index contributed by atoms with van der Waals surface area (Å²) in [5.74, 6) is 1.87. The lowest BCUT2D eigenvalue weighted by atomic mass is 9.97. The third-order valence-electron chi connectivity index (χ3n) is 7.25. The van der Waals surface area contributed by atoms with Gasteiger partial charge in [-0.05, 0) is 30.2 Å². The van der Waals surface area contributed by atoms with Crippen molar-refractivity contribution in [3.63, 3.8) is 0 Å². The van der Waals surface area contributed by atoms with Crippen LogP contribution in [0.15, 0.2) is 103 Å². The number of aryl methyl sites for hydroxylation is 1. The molecule has 0 aliphatic carbocycles. The fraction of sp³-hybridized carbons (Fsp3) is 0.0909. The second kappa shape index (κ2) is 10.7. The normalized spacial score (nSPS) is 11.3. The van der Waals surface area contributed by atoms with Gasteiger partial charge in [-0.2, -0.15) is 0 Å². The molecule has 0 bridgehead atoms. The maximum atomic E-state index is 12.6. The minimum absolute atomic E-state index is 0.123. The lowest BCUT2D eigenvalue weighted by Crippen LogP contribution is -2.25. The third-order valence-corrected chi connectivity index (χ3v) is 7.25. The number of carbonyl (C=O) groups excluding carboxylic acids is 1. The van der Waals surface area contributed by atoms with Crippen molar-refractivity contribution in [3.8, 4) is 33.8 Å². The van der Waals surface area contributed by atoms with Crippen molar-refractivity contribution < 1.29 is 4.79 Å². The van der Waals surface area contributed by atoms with Crippen LogP contribution in [0, 0.1) is 6.92 Å². The number of fused-ring (bicyclic) bond motifs is 3. The molecule has 9 nitrogen and oxygen atoms in total. The second-order valence-corrected chi connectivity index (χ2v) is 10.1. The lowest BCUT2D eigenvalue weighted by molar-refractivity contribution is -0.120. The van der Waals surface area contributed by atoms with E-state index in [1.165, 1.54) is 0 Å². The number of pyridine rings is 2. The maximum absolute atomic E-state index is 12.6. The highest BCUT2D eigenvalue weighted by atomic mass is 16.1. The van der Waals surface area contributed by atoms with E-state index in [0.717, 1.165) is 55.9 Å². The van der Waals surface area contributed by atoms with E-state index < -0.39 is 0 Å². The zero-order valence-corrected chi connectivity index (χ0v) is 22.8. The van der Waals surface area contributed by atoms with Crippen LogP contribution in [0.4, 0.5) is 0 Å². The van der Waals surface area contributed by atoms with Crippen molar-refractivity contribution in [3.05, 3.63) is 120 Å². The summed E-state index contributed by atoms with van der Waals surface area (Å²) >= 11 is 0. The van der Waals surface area contributed by atoms with Crippen molar-refractivity contribution in [2.24, 2.45) is 0 Å². The summed E-state index contributed by atoms with van der Waals surface area (Å²) in [4.78, 5) is 20.8. The summed E-state index contributed by atoms with van der Waals surface area (Å²) in [6, 6.07) is 32.2. The van der Waals surface area contributed by atoms with Crippen molar-refractivity contribution >= 4 is 22.5 Å². The quantitative estimate of drug-likeness (QED) is 0.269. The first-order chi connectivity index (χ1) is 20.6. The van der Waals surface area contributed by atoms with Gasteiger partial charge in [0.2, 0.25) is 5.91 Å². The van der Waals surface area contributed by atoms with E-state index in [9.17, 15) is 4.79 Å². The predicted molar refractivity (Wildman–Crippen MR) is 161 cm³/mol. The van der Waals surface area contributed by atoms with Gasteiger partial charge in [0.25, 0.3) is 0 Å². The summed E-state index contributed by atoms with van der Waals surface area (Å²) in [5, 5.41) is 20.9. The Morgan fingerprint density at radius 2 is 1.55 bits per heavy atom. The number of nitrogens with zero attached hydrogens (tertiary/aromatic N) is 6. The maximum Gasteiger partial charge on any atom is 0.227 e. The van der Waals surface area contributed by atoms with Gasteiger partial charge in [0.05, 0.1) is 17.6 Å². The van der Waals surface area contributed by atoms with E-state index >= 15 is 0 Å². The van der Waals surface area contributed by atoms with Crippen molar-refractivity contribution in [1.82, 2.24) is 40.1 Å². The molecular weight excluding hydrogens is 524 g/mol. The number of aromatic nitrogens is 7. The number of nitrogens with one attached hydrogen (secondary N) is 2. The first-order valence-electron chi connectivity index (χ1n) is 13.7. The van der Waals surface area contributed by atoms with E-state index in [2.05, 4.69) is 48.9 Å². The molecule has 1 amide bonds. The number of H-pyrrole nitrogens is 1. The molecule has 7 aromatic rings. The molecule has 9 heteroatoms. The molecule has 3 aromatic carbocycles. The number of hydrogen-bond acceptors (Lipinski definition) is 6. The average molecular weight is 551 g/mol. The molecule has 0 aliphatic heterocycles. The topological polar surface area (TPSA) is 114 Å². The third kappa shape index (κ3) is 4.88. The van der Waals surface area contributed by atoms with E-state index in [-0.39, 0.29) is 12.3 Å². The van der Waals surface area contributed by atoms with Gasteiger partial charge < -0.3 is 10.3 Å². The van der Waals surface area contributed by atoms with Crippen LogP contribution in [0.3, 0.4) is 0 Å². The predicted octanol–water partition coefficient (Wildman–Crippen LogP) is 5.56. The number of carbonyl (C=O) groups is 1. The highest BCUT2D eigenvalue weighted by molar-refractivity contribution is 5.98. The van der Waals surface area contributed by atoms with Crippen molar-refractivity contribution in [2.75, 3.05) is 0 Å². The Balaban J connectivity index is 1.11. The highest BCUT2D eigenvalue weighted by Gasteiger charge is 2.15. The fourth-order valence-electron chi connectivity index (χ4n) is 5.07. The Bertz CT molecular complexity index is 2030. The number of benzene rings is 3. The molecule has 4 aromatic heterocycles. The van der Waals surface area contributed by atoms with E-state index in [4.69, 9.17) is 4.98 Å². The van der Waals surface area contributed by atoms with E-state index in [0.29, 0.717) is 18.2 Å². The minimum Gasteiger partial charge on any atom is -0.352 e. The van der Waals surface area contributed by atoms with Crippen LogP contribution in [0.25, 0.3) is 50.3 Å². The van der Waals surface area contributed by atoms with Crippen LogP contribution >= 0.6 is 0 Å². The first-order valence-corrected chi connectivity index (χ1v) is 13.7. The fourth-order valence-corrected chi connectivity index (χ4v) is 5.07. The first kappa shape index (κ1) is 25.3. The number of rotatable bonds is 7. The van der Waals surface area contributed by atoms with Crippen LogP contribution < -0.4 is 5.32 Å². The molecule has 0 saturated heterocycles. The van der Waals surface area contributed by atoms with Crippen LogP contribution in [0.5, 0.6) is 0 Å². The molecular formula is C33H26N8O. The lowest BCUT2D eigenvalue weighted by Gasteiger charge is -2.13. The van der Waals surface area contributed by atoms with Crippen molar-refractivity contribution in [2.45, 2.75) is 19.9 Å². The molecule has 0 aliphatic rings. The Morgan fingerprint density at radius 1 is 0.810 bits per heavy atom. The van der Waals surface area contributed by atoms with Gasteiger partial charge >= 0.3 is 0 Å². The van der Waals surface area contributed by atoms with Gasteiger partial charge in [-0.15, -0.1) is 20.4 Å². The van der Waals surface area contributed by atoms with Gasteiger partial charge in [-0.1, -0.05) is 84.9 Å². The largest absolute Gasteiger partial charge is 0.352 e. The molecule has 4 heterocycles. The van der Waals surface area contributed by atoms with Crippen LogP contribution in [0.1, 0.15) is 17.2 Å². The zero-order valence-electron chi connectivity index (χ0n) is 22.8. The Kier molecular flexibility index (Phi) is 6.44. The van der Waals surface area contributed by atoms with Crippen LogP contribution in [-0.2, 0) is 17.8 Å². The minimum atomic E-state index is -0.132. The molecule has 0 atom stereocenters. The van der Waals surface area contributed by atoms with E-state index in [1.54, 1.807) is 0 Å². The monoisotopic (exact) mass is 550 g/mol.